The van der Waals surface area contributed by atoms with Gasteiger partial charge in [-0.2, -0.15) is 17.2 Å². The number of para-hydroxylation sites is 3. The van der Waals surface area contributed by atoms with E-state index in [2.05, 4.69) is 140 Å². The summed E-state index contributed by atoms with van der Waals surface area (Å²) in [4.78, 5) is 5.11. The van der Waals surface area contributed by atoms with Crippen LogP contribution in [-0.4, -0.2) is 23.9 Å². The summed E-state index contributed by atoms with van der Waals surface area (Å²) >= 11 is 0. The van der Waals surface area contributed by atoms with E-state index in [0.29, 0.717) is 23.3 Å². The molecule has 9 aromatic rings. The van der Waals surface area contributed by atoms with Crippen molar-refractivity contribution in [2.75, 3.05) is 0 Å². The van der Waals surface area contributed by atoms with E-state index in [1.54, 1.807) is 0 Å². The molecule has 0 saturated heterocycles. The minimum atomic E-state index is 0. The molecule has 0 amide bonds. The molecular weight excluding hydrogens is 846 g/mol. The van der Waals surface area contributed by atoms with Crippen LogP contribution in [0.4, 0.5) is 0 Å². The second kappa shape index (κ2) is 13.8. The standard InChI is InChI=1S/C47H41N5O.Pt/c1-28(2)36-16-11-18-40-41-19-12-17-37(29(3)4)47(41)51(46(36)40)43-26-45(48-27-30(43)5)50-42-20-9-8-15-38(42)39-22-21-35(25-44(39)50)53-34-14-10-13-33(24-34)52-32(7)23-31(6)49-52;/h8-23,26-29H,1-7H3;/q-2;+2. The Labute approximate surface area is 330 Å². The number of ether oxygens (including phenoxy) is 1. The van der Waals surface area contributed by atoms with Crippen LogP contribution in [0.25, 0.3) is 60.8 Å². The van der Waals surface area contributed by atoms with Crippen molar-refractivity contribution < 1.29 is 25.8 Å². The molecule has 0 radical (unpaired) electrons. The van der Waals surface area contributed by atoms with Gasteiger partial charge in [0, 0.05) is 45.7 Å². The van der Waals surface area contributed by atoms with Gasteiger partial charge in [0.05, 0.1) is 22.4 Å². The number of rotatable bonds is 7. The van der Waals surface area contributed by atoms with Crippen LogP contribution < -0.4 is 4.74 Å². The fourth-order valence-corrected chi connectivity index (χ4v) is 7.99. The summed E-state index contributed by atoms with van der Waals surface area (Å²) < 4.78 is 13.1. The van der Waals surface area contributed by atoms with Gasteiger partial charge in [-0.1, -0.05) is 87.8 Å². The Morgan fingerprint density at radius 2 is 1.28 bits per heavy atom. The van der Waals surface area contributed by atoms with Crippen LogP contribution in [0.15, 0.2) is 109 Å². The van der Waals surface area contributed by atoms with Gasteiger partial charge in [-0.05, 0) is 72.5 Å². The van der Waals surface area contributed by atoms with Gasteiger partial charge < -0.3 is 13.9 Å². The molecule has 54 heavy (non-hydrogen) atoms. The average Bonchev–Trinajstić information content (AvgIpc) is 3.79. The number of benzene rings is 5. The minimum absolute atomic E-state index is 0. The first-order valence-electron chi connectivity index (χ1n) is 18.4. The predicted octanol–water partition coefficient (Wildman–Crippen LogP) is 12.0. The van der Waals surface area contributed by atoms with Gasteiger partial charge in [0.2, 0.25) is 0 Å². The normalized spacial score (nSPS) is 11.8. The fraction of sp³-hybridized carbons (Fsp3) is 0.191. The molecule has 270 valence electrons. The van der Waals surface area contributed by atoms with Gasteiger partial charge in [0.1, 0.15) is 5.82 Å². The summed E-state index contributed by atoms with van der Waals surface area (Å²) in [5.41, 5.74) is 12.2. The Morgan fingerprint density at radius 1 is 0.630 bits per heavy atom. The van der Waals surface area contributed by atoms with E-state index in [4.69, 9.17) is 9.72 Å². The first kappa shape index (κ1) is 35.6. The van der Waals surface area contributed by atoms with Gasteiger partial charge >= 0.3 is 21.1 Å². The maximum Gasteiger partial charge on any atom is 2.00 e. The number of nitrogens with zero attached hydrogens (tertiary/aromatic N) is 5. The maximum absolute atomic E-state index is 6.46. The summed E-state index contributed by atoms with van der Waals surface area (Å²) in [6.45, 7) is 15.3. The monoisotopic (exact) mass is 886 g/mol. The number of hydrogen-bond acceptors (Lipinski definition) is 3. The van der Waals surface area contributed by atoms with Crippen LogP contribution in [0, 0.1) is 32.9 Å². The molecule has 6 nitrogen and oxygen atoms in total. The van der Waals surface area contributed by atoms with Crippen molar-refractivity contribution >= 4 is 43.6 Å². The molecule has 9 rings (SSSR count). The summed E-state index contributed by atoms with van der Waals surface area (Å²) in [5.74, 6) is 2.71. The Morgan fingerprint density at radius 3 is 1.94 bits per heavy atom. The smallest absolute Gasteiger partial charge is 0.509 e. The first-order valence-corrected chi connectivity index (χ1v) is 18.4. The third-order valence-electron chi connectivity index (χ3n) is 10.4. The average molecular weight is 887 g/mol. The summed E-state index contributed by atoms with van der Waals surface area (Å²) in [5, 5.41) is 9.41. The van der Waals surface area contributed by atoms with Crippen molar-refractivity contribution in [3.63, 3.8) is 0 Å². The van der Waals surface area contributed by atoms with Crippen LogP contribution in [0.1, 0.15) is 67.6 Å². The summed E-state index contributed by atoms with van der Waals surface area (Å²) in [6.07, 6.45) is 2.01. The Balaban J connectivity index is 0.00000413. The number of fused-ring (bicyclic) bond motifs is 6. The van der Waals surface area contributed by atoms with Crippen LogP contribution >= 0.6 is 0 Å². The van der Waals surface area contributed by atoms with Crippen LogP contribution in [0.2, 0.25) is 0 Å². The van der Waals surface area contributed by atoms with Gasteiger partial charge in [-0.25, -0.2) is 4.98 Å². The SMILES string of the molecule is Cc1cc(C)n(-c2[c-]c(Oc3[c-]c4c(cc3)c3ccccc3n4-c3cc(-n4c5c(C(C)C)cccc5c5cccc(C(C)C)c54)c(C)cn3)ccc2)n1.[Pt+2]. The second-order valence-electron chi connectivity index (χ2n) is 14.7. The van der Waals surface area contributed by atoms with E-state index in [1.807, 2.05) is 49.0 Å². The zero-order valence-electron chi connectivity index (χ0n) is 31.5. The van der Waals surface area contributed by atoms with E-state index in [-0.39, 0.29) is 21.1 Å². The van der Waals surface area contributed by atoms with E-state index < -0.39 is 0 Å². The molecule has 4 heterocycles. The van der Waals surface area contributed by atoms with Gasteiger partial charge in [-0.15, -0.1) is 35.7 Å². The maximum atomic E-state index is 6.46. The van der Waals surface area contributed by atoms with Crippen molar-refractivity contribution in [2.24, 2.45) is 0 Å². The Kier molecular flexibility index (Phi) is 9.06. The van der Waals surface area contributed by atoms with Gasteiger partial charge in [0.15, 0.2) is 0 Å². The number of aryl methyl sites for hydroxylation is 3. The predicted molar refractivity (Wildman–Crippen MR) is 217 cm³/mol. The van der Waals surface area contributed by atoms with Crippen molar-refractivity contribution in [3.8, 4) is 28.7 Å². The molecule has 0 atom stereocenters. The van der Waals surface area contributed by atoms with Crippen molar-refractivity contribution in [2.45, 2.75) is 60.3 Å². The molecule has 0 fully saturated rings. The molecule has 0 aliphatic carbocycles. The molecule has 0 spiro atoms. The molecule has 0 N–H and O–H groups in total. The second-order valence-corrected chi connectivity index (χ2v) is 14.7. The quantitative estimate of drug-likeness (QED) is 0.150. The molecule has 0 unspecified atom stereocenters. The van der Waals surface area contributed by atoms with Crippen LogP contribution in [0.5, 0.6) is 11.5 Å². The zero-order chi connectivity index (χ0) is 36.5. The van der Waals surface area contributed by atoms with Gasteiger partial charge in [0.25, 0.3) is 0 Å². The largest absolute Gasteiger partial charge is 2.00 e. The fourth-order valence-electron chi connectivity index (χ4n) is 7.99. The molecule has 7 heteroatoms. The van der Waals surface area contributed by atoms with Crippen LogP contribution in [-0.2, 0) is 21.1 Å². The van der Waals surface area contributed by atoms with Crippen LogP contribution in [0.3, 0.4) is 0 Å². The third-order valence-corrected chi connectivity index (χ3v) is 10.4. The first-order chi connectivity index (χ1) is 25.7. The van der Waals surface area contributed by atoms with E-state index in [1.165, 1.54) is 32.9 Å². The molecule has 0 bridgehead atoms. The molecule has 5 aromatic carbocycles. The zero-order valence-corrected chi connectivity index (χ0v) is 33.8. The number of hydrogen-bond donors (Lipinski definition) is 0. The minimum Gasteiger partial charge on any atom is -0.509 e. The number of pyridine rings is 1. The number of aromatic nitrogens is 5. The molecule has 0 aliphatic heterocycles. The van der Waals surface area contributed by atoms with Crippen molar-refractivity contribution in [1.82, 2.24) is 23.9 Å². The van der Waals surface area contributed by atoms with E-state index >= 15 is 0 Å². The van der Waals surface area contributed by atoms with E-state index in [0.717, 1.165) is 55.9 Å². The van der Waals surface area contributed by atoms with E-state index in [9.17, 15) is 0 Å². The molecule has 0 aliphatic rings. The molecule has 4 aromatic heterocycles. The summed E-state index contributed by atoms with van der Waals surface area (Å²) in [6, 6.07) is 43.3. The van der Waals surface area contributed by atoms with Gasteiger partial charge in [-0.3, -0.25) is 4.68 Å². The Hall–Kier alpha value is -5.45. The molecule has 0 saturated carbocycles. The van der Waals surface area contributed by atoms with Crippen molar-refractivity contribution in [3.05, 3.63) is 150 Å². The third kappa shape index (κ3) is 5.75. The topological polar surface area (TPSA) is 49.8 Å². The molecular formula is C47H41N5OPt. The summed E-state index contributed by atoms with van der Waals surface area (Å²) in [7, 11) is 0. The van der Waals surface area contributed by atoms with Crippen molar-refractivity contribution in [1.29, 1.82) is 0 Å². The Bertz CT molecular complexity index is 2810.